The molecule has 4 heteroatoms. The maximum atomic E-state index is 12.0. The number of rotatable bonds is 3. The minimum atomic E-state index is -0.0531. The zero-order valence-corrected chi connectivity index (χ0v) is 11.2. The molecule has 0 radical (unpaired) electrons. The molecule has 2 rings (SSSR count). The number of ether oxygens (including phenoxy) is 1. The lowest BCUT2D eigenvalue weighted by atomic mass is 10.2. The Kier molecular flexibility index (Phi) is 3.28. The Morgan fingerprint density at radius 3 is 2.67 bits per heavy atom. The van der Waals surface area contributed by atoms with Gasteiger partial charge >= 0.3 is 0 Å². The third kappa shape index (κ3) is 2.18. The first-order valence-corrected chi connectivity index (χ1v) is 5.97. The van der Waals surface area contributed by atoms with Gasteiger partial charge in [0.05, 0.1) is 12.6 Å². The zero-order chi connectivity index (χ0) is 13.3. The zero-order valence-electron chi connectivity index (χ0n) is 11.2. The first-order valence-electron chi connectivity index (χ1n) is 5.97. The molecule has 96 valence electrons. The number of nitrogens with one attached hydrogen (secondary N) is 1. The number of hydrogen-bond donors (Lipinski definition) is 1. The number of methoxy groups -OCH3 is 1. The Balaban J connectivity index is 2.47. The highest BCUT2D eigenvalue weighted by Crippen LogP contribution is 2.23. The minimum Gasteiger partial charge on any atom is -0.497 e. The summed E-state index contributed by atoms with van der Waals surface area (Å²) in [5.74, 6) is 0.738. The minimum absolute atomic E-state index is 0.0531. The van der Waals surface area contributed by atoms with Crippen molar-refractivity contribution in [1.82, 2.24) is 9.88 Å². The van der Waals surface area contributed by atoms with Crippen LogP contribution in [0.2, 0.25) is 0 Å². The Hall–Kier alpha value is -1.97. The molecule has 4 nitrogen and oxygen atoms in total. The van der Waals surface area contributed by atoms with Crippen molar-refractivity contribution in [3.63, 3.8) is 0 Å². The summed E-state index contributed by atoms with van der Waals surface area (Å²) in [6.45, 7) is 3.90. The van der Waals surface area contributed by atoms with Gasteiger partial charge in [0, 0.05) is 24.5 Å². The molecule has 0 saturated carbocycles. The number of hydrogen-bond acceptors (Lipinski definition) is 2. The summed E-state index contributed by atoms with van der Waals surface area (Å²) in [4.78, 5) is 12.0. The van der Waals surface area contributed by atoms with Gasteiger partial charge < -0.3 is 14.6 Å². The third-order valence-electron chi connectivity index (χ3n) is 2.90. The average Bonchev–Trinajstić information content (AvgIpc) is 2.65. The van der Waals surface area contributed by atoms with E-state index in [1.54, 1.807) is 7.11 Å². The summed E-state index contributed by atoms with van der Waals surface area (Å²) < 4.78 is 7.08. The van der Waals surface area contributed by atoms with Crippen LogP contribution in [0.15, 0.2) is 24.3 Å². The molecule has 0 aliphatic carbocycles. The van der Waals surface area contributed by atoms with E-state index in [1.165, 1.54) is 0 Å². The lowest BCUT2D eigenvalue weighted by Gasteiger charge is -2.09. The number of aromatic nitrogens is 1. The molecule has 1 amide bonds. The number of nitrogens with zero attached hydrogens (tertiary/aromatic N) is 1. The fourth-order valence-corrected chi connectivity index (χ4v) is 1.99. The second-order valence-corrected chi connectivity index (χ2v) is 4.64. The molecule has 0 atom stereocenters. The van der Waals surface area contributed by atoms with Gasteiger partial charge in [-0.1, -0.05) is 0 Å². The molecule has 1 N–H and O–H groups in total. The Morgan fingerprint density at radius 1 is 1.33 bits per heavy atom. The number of fused-ring (bicyclic) bond motifs is 1. The molecule has 1 heterocycles. The summed E-state index contributed by atoms with van der Waals surface area (Å²) in [5, 5.41) is 3.93. The highest BCUT2D eigenvalue weighted by Gasteiger charge is 2.14. The topological polar surface area (TPSA) is 43.3 Å². The van der Waals surface area contributed by atoms with E-state index in [2.05, 4.69) is 5.32 Å². The van der Waals surface area contributed by atoms with Gasteiger partial charge in [0.1, 0.15) is 11.4 Å². The Labute approximate surface area is 107 Å². The van der Waals surface area contributed by atoms with Gasteiger partial charge in [-0.05, 0) is 32.0 Å². The molecule has 2 aromatic rings. The monoisotopic (exact) mass is 246 g/mol. The first kappa shape index (κ1) is 12.5. The van der Waals surface area contributed by atoms with E-state index < -0.39 is 0 Å². The van der Waals surface area contributed by atoms with E-state index in [0.29, 0.717) is 5.69 Å². The van der Waals surface area contributed by atoms with Crippen molar-refractivity contribution < 1.29 is 9.53 Å². The van der Waals surface area contributed by atoms with E-state index in [0.717, 1.165) is 16.7 Å². The lowest BCUT2D eigenvalue weighted by molar-refractivity contribution is 0.0935. The van der Waals surface area contributed by atoms with Gasteiger partial charge in [-0.2, -0.15) is 0 Å². The molecule has 1 aromatic carbocycles. The van der Waals surface area contributed by atoms with Gasteiger partial charge in [-0.25, -0.2) is 0 Å². The number of benzene rings is 1. The molecule has 0 saturated heterocycles. The molecule has 0 unspecified atom stereocenters. The Bertz CT molecular complexity index is 585. The summed E-state index contributed by atoms with van der Waals surface area (Å²) >= 11 is 0. The summed E-state index contributed by atoms with van der Waals surface area (Å²) in [6.07, 6.45) is 0. The fourth-order valence-electron chi connectivity index (χ4n) is 1.99. The van der Waals surface area contributed by atoms with Crippen molar-refractivity contribution in [3.05, 3.63) is 30.0 Å². The maximum absolute atomic E-state index is 12.0. The van der Waals surface area contributed by atoms with E-state index in [4.69, 9.17) is 4.74 Å². The van der Waals surface area contributed by atoms with E-state index in [9.17, 15) is 4.79 Å². The summed E-state index contributed by atoms with van der Waals surface area (Å²) in [6, 6.07) is 7.81. The second-order valence-electron chi connectivity index (χ2n) is 4.64. The second kappa shape index (κ2) is 4.72. The molecule has 1 aromatic heterocycles. The first-order chi connectivity index (χ1) is 8.52. The van der Waals surface area contributed by atoms with Crippen molar-refractivity contribution in [2.45, 2.75) is 19.9 Å². The molecular weight excluding hydrogens is 228 g/mol. The number of carbonyl (C=O) groups excluding carboxylic acids is 1. The van der Waals surface area contributed by atoms with Gasteiger partial charge in [0.2, 0.25) is 0 Å². The molecule has 0 aliphatic heterocycles. The molecule has 0 aliphatic rings. The molecular formula is C14H18N2O2. The van der Waals surface area contributed by atoms with Crippen LogP contribution in [0.4, 0.5) is 0 Å². The summed E-state index contributed by atoms with van der Waals surface area (Å²) in [5.41, 5.74) is 1.65. The molecule has 0 spiro atoms. The third-order valence-corrected chi connectivity index (χ3v) is 2.90. The quantitative estimate of drug-likeness (QED) is 0.903. The van der Waals surface area contributed by atoms with Crippen LogP contribution in [0.25, 0.3) is 10.9 Å². The number of amides is 1. The van der Waals surface area contributed by atoms with E-state index in [1.807, 2.05) is 49.7 Å². The van der Waals surface area contributed by atoms with Crippen LogP contribution in [-0.4, -0.2) is 23.6 Å². The highest BCUT2D eigenvalue weighted by atomic mass is 16.5. The van der Waals surface area contributed by atoms with Crippen LogP contribution < -0.4 is 10.1 Å². The standard InChI is InChI=1S/C14H18N2O2/c1-9(2)15-14(17)13-7-10-5-6-11(18-4)8-12(10)16(13)3/h5-9H,1-4H3,(H,15,17). The predicted molar refractivity (Wildman–Crippen MR) is 72.1 cm³/mol. The van der Waals surface area contributed by atoms with Crippen LogP contribution in [0, 0.1) is 0 Å². The van der Waals surface area contributed by atoms with Crippen molar-refractivity contribution in [2.24, 2.45) is 7.05 Å². The van der Waals surface area contributed by atoms with Gasteiger partial charge in [-0.15, -0.1) is 0 Å². The predicted octanol–water partition coefficient (Wildman–Crippen LogP) is 2.33. The van der Waals surface area contributed by atoms with Gasteiger partial charge in [-0.3, -0.25) is 4.79 Å². The maximum Gasteiger partial charge on any atom is 0.268 e. The van der Waals surface area contributed by atoms with Crippen molar-refractivity contribution in [2.75, 3.05) is 7.11 Å². The van der Waals surface area contributed by atoms with Gasteiger partial charge in [0.25, 0.3) is 5.91 Å². The largest absolute Gasteiger partial charge is 0.497 e. The SMILES string of the molecule is COc1ccc2cc(C(=O)NC(C)C)n(C)c2c1. The highest BCUT2D eigenvalue weighted by molar-refractivity contribution is 5.99. The number of aryl methyl sites for hydroxylation is 1. The van der Waals surface area contributed by atoms with Crippen LogP contribution in [0.5, 0.6) is 5.75 Å². The average molecular weight is 246 g/mol. The Morgan fingerprint density at radius 2 is 2.06 bits per heavy atom. The van der Waals surface area contributed by atoms with Crippen LogP contribution in [0.3, 0.4) is 0 Å². The van der Waals surface area contributed by atoms with Crippen LogP contribution in [-0.2, 0) is 7.05 Å². The normalized spacial score (nSPS) is 10.9. The summed E-state index contributed by atoms with van der Waals surface area (Å²) in [7, 11) is 3.52. The van der Waals surface area contributed by atoms with E-state index in [-0.39, 0.29) is 11.9 Å². The van der Waals surface area contributed by atoms with Gasteiger partial charge in [0.15, 0.2) is 0 Å². The molecule has 18 heavy (non-hydrogen) atoms. The van der Waals surface area contributed by atoms with Crippen LogP contribution in [0.1, 0.15) is 24.3 Å². The van der Waals surface area contributed by atoms with Crippen LogP contribution >= 0.6 is 0 Å². The van der Waals surface area contributed by atoms with Crippen molar-refractivity contribution >= 4 is 16.8 Å². The van der Waals surface area contributed by atoms with E-state index >= 15 is 0 Å². The fraction of sp³-hybridized carbons (Fsp3) is 0.357. The number of carbonyl (C=O) groups is 1. The lowest BCUT2D eigenvalue weighted by Crippen LogP contribution is -2.31. The van der Waals surface area contributed by atoms with Crippen molar-refractivity contribution in [1.29, 1.82) is 0 Å². The van der Waals surface area contributed by atoms with Crippen molar-refractivity contribution in [3.8, 4) is 5.75 Å². The molecule has 0 fully saturated rings. The smallest absolute Gasteiger partial charge is 0.268 e. The molecule has 0 bridgehead atoms.